The zero-order valence-corrected chi connectivity index (χ0v) is 13.3. The van der Waals surface area contributed by atoms with Gasteiger partial charge in [0, 0.05) is 0 Å². The molecule has 0 aliphatic carbocycles. The Bertz CT molecular complexity index is 580. The fourth-order valence-corrected chi connectivity index (χ4v) is 2.08. The molecule has 21 heavy (non-hydrogen) atoms. The van der Waals surface area contributed by atoms with Crippen LogP contribution >= 0.6 is 46.4 Å². The van der Waals surface area contributed by atoms with E-state index in [-0.39, 0.29) is 11.1 Å². The molecule has 1 N–H and O–H groups in total. The average Bonchev–Trinajstić information content (AvgIpc) is 2.63. The van der Waals surface area contributed by atoms with E-state index in [9.17, 15) is 14.4 Å². The minimum atomic E-state index is -1.90. The predicted octanol–water partition coefficient (Wildman–Crippen LogP) is 2.33. The molecule has 0 saturated heterocycles. The third-order valence-electron chi connectivity index (χ3n) is 2.75. The highest BCUT2D eigenvalue weighted by atomic mass is 35.6. The molecule has 1 heterocycles. The fourth-order valence-electron chi connectivity index (χ4n) is 1.80. The van der Waals surface area contributed by atoms with Gasteiger partial charge in [0.15, 0.2) is 5.50 Å². The van der Waals surface area contributed by atoms with Crippen molar-refractivity contribution in [3.8, 4) is 0 Å². The Hall–Kier alpha value is -1.01. The van der Waals surface area contributed by atoms with E-state index in [1.807, 2.05) is 0 Å². The van der Waals surface area contributed by atoms with E-state index in [0.717, 1.165) is 4.90 Å². The van der Waals surface area contributed by atoms with Crippen molar-refractivity contribution in [3.63, 3.8) is 0 Å². The second-order valence-corrected chi connectivity index (χ2v) is 7.02. The van der Waals surface area contributed by atoms with Crippen LogP contribution in [0.3, 0.4) is 0 Å². The molecule has 1 aliphatic rings. The third-order valence-corrected chi connectivity index (χ3v) is 4.18. The van der Waals surface area contributed by atoms with Crippen LogP contribution < -0.4 is 5.32 Å². The van der Waals surface area contributed by atoms with Crippen molar-refractivity contribution in [2.45, 2.75) is 9.29 Å². The molecule has 112 valence electrons. The van der Waals surface area contributed by atoms with Gasteiger partial charge >= 0.3 is 0 Å². The molecule has 0 saturated carbocycles. The first-order chi connectivity index (χ1) is 9.71. The van der Waals surface area contributed by atoms with Crippen molar-refractivity contribution < 1.29 is 14.4 Å². The molecule has 1 aromatic rings. The summed E-state index contributed by atoms with van der Waals surface area (Å²) in [4.78, 5) is 36.7. The monoisotopic (exact) mass is 368 g/mol. The normalized spacial score (nSPS) is 15.9. The number of carbonyl (C=O) groups is 3. The molecule has 0 spiro atoms. The number of imide groups is 1. The summed E-state index contributed by atoms with van der Waals surface area (Å²) in [5.41, 5.74) is -0.789. The summed E-state index contributed by atoms with van der Waals surface area (Å²) in [6.45, 7) is -0.504. The van der Waals surface area contributed by atoms with Gasteiger partial charge in [0.2, 0.25) is 9.70 Å². The van der Waals surface area contributed by atoms with Crippen LogP contribution in [0, 0.1) is 0 Å². The van der Waals surface area contributed by atoms with Crippen LogP contribution in [-0.4, -0.2) is 38.5 Å². The molecular formula is C12H8Cl4N2O3. The van der Waals surface area contributed by atoms with Crippen molar-refractivity contribution in [2.24, 2.45) is 0 Å². The Kier molecular flexibility index (Phi) is 4.68. The second-order valence-electron chi connectivity index (χ2n) is 4.21. The first kappa shape index (κ1) is 16.4. The van der Waals surface area contributed by atoms with Gasteiger partial charge in [0.1, 0.15) is 6.54 Å². The molecule has 0 unspecified atom stereocenters. The number of rotatable bonds is 3. The molecule has 3 amide bonds. The number of amides is 3. The highest BCUT2D eigenvalue weighted by molar-refractivity contribution is 6.70. The van der Waals surface area contributed by atoms with Gasteiger partial charge in [-0.05, 0) is 12.1 Å². The number of hydrogen-bond acceptors (Lipinski definition) is 3. The fraction of sp³-hybridized carbons (Fsp3) is 0.250. The SMILES string of the molecule is O=C(CN1C(=O)c2ccccc2C1=O)N[C@H](Cl)C(Cl)(Cl)Cl. The van der Waals surface area contributed by atoms with Crippen LogP contribution in [0.5, 0.6) is 0 Å². The zero-order chi connectivity index (χ0) is 15.8. The van der Waals surface area contributed by atoms with Gasteiger partial charge in [-0.2, -0.15) is 0 Å². The number of hydrogen-bond donors (Lipinski definition) is 1. The smallest absolute Gasteiger partial charge is 0.262 e. The van der Waals surface area contributed by atoms with Crippen LogP contribution in [0.1, 0.15) is 20.7 Å². The van der Waals surface area contributed by atoms with Gasteiger partial charge in [0.25, 0.3) is 11.8 Å². The molecule has 0 bridgehead atoms. The lowest BCUT2D eigenvalue weighted by molar-refractivity contribution is -0.121. The molecule has 0 aromatic heterocycles. The van der Waals surface area contributed by atoms with Crippen molar-refractivity contribution >= 4 is 64.1 Å². The lowest BCUT2D eigenvalue weighted by Crippen LogP contribution is -2.46. The summed E-state index contributed by atoms with van der Waals surface area (Å²) in [5.74, 6) is -1.81. The van der Waals surface area contributed by atoms with E-state index in [1.165, 1.54) is 12.1 Å². The summed E-state index contributed by atoms with van der Waals surface area (Å²) >= 11 is 22.2. The first-order valence-electron chi connectivity index (χ1n) is 5.67. The summed E-state index contributed by atoms with van der Waals surface area (Å²) in [6, 6.07) is 6.29. The van der Waals surface area contributed by atoms with E-state index >= 15 is 0 Å². The molecule has 1 aliphatic heterocycles. The third kappa shape index (κ3) is 3.43. The highest BCUT2D eigenvalue weighted by Crippen LogP contribution is 2.32. The number of halogens is 4. The summed E-state index contributed by atoms with van der Waals surface area (Å²) in [6.07, 6.45) is 0. The Morgan fingerprint density at radius 1 is 1.14 bits per heavy atom. The van der Waals surface area contributed by atoms with Crippen LogP contribution in [0.15, 0.2) is 24.3 Å². The van der Waals surface area contributed by atoms with Gasteiger partial charge in [-0.25, -0.2) is 0 Å². The maximum Gasteiger partial charge on any atom is 0.262 e. The van der Waals surface area contributed by atoms with Crippen molar-refractivity contribution in [3.05, 3.63) is 35.4 Å². The second kappa shape index (κ2) is 6.01. The van der Waals surface area contributed by atoms with Crippen LogP contribution in [-0.2, 0) is 4.79 Å². The molecule has 9 heteroatoms. The number of nitrogens with zero attached hydrogens (tertiary/aromatic N) is 1. The van der Waals surface area contributed by atoms with Crippen LogP contribution in [0.4, 0.5) is 0 Å². The maximum atomic E-state index is 12.0. The van der Waals surface area contributed by atoms with Gasteiger partial charge in [-0.1, -0.05) is 58.5 Å². The van der Waals surface area contributed by atoms with E-state index in [2.05, 4.69) is 5.32 Å². The Morgan fingerprint density at radius 2 is 1.62 bits per heavy atom. The Morgan fingerprint density at radius 3 is 2.05 bits per heavy atom. The molecule has 1 aromatic carbocycles. The van der Waals surface area contributed by atoms with Gasteiger partial charge in [0.05, 0.1) is 11.1 Å². The van der Waals surface area contributed by atoms with Crippen molar-refractivity contribution in [2.75, 3.05) is 6.54 Å². The minimum Gasteiger partial charge on any atom is -0.335 e. The molecule has 5 nitrogen and oxygen atoms in total. The molecular weight excluding hydrogens is 362 g/mol. The topological polar surface area (TPSA) is 66.5 Å². The number of carbonyl (C=O) groups excluding carboxylic acids is 3. The zero-order valence-electron chi connectivity index (χ0n) is 10.3. The Balaban J connectivity index is 2.07. The van der Waals surface area contributed by atoms with Gasteiger partial charge in [-0.15, -0.1) is 0 Å². The van der Waals surface area contributed by atoms with E-state index < -0.39 is 33.6 Å². The average molecular weight is 370 g/mol. The molecule has 1 atom stereocenters. The van der Waals surface area contributed by atoms with Crippen LogP contribution in [0.25, 0.3) is 0 Å². The largest absolute Gasteiger partial charge is 0.335 e. The summed E-state index contributed by atoms with van der Waals surface area (Å²) < 4.78 is -1.90. The Labute approximate surface area is 140 Å². The quantitative estimate of drug-likeness (QED) is 0.505. The lowest BCUT2D eigenvalue weighted by atomic mass is 10.1. The van der Waals surface area contributed by atoms with Crippen LogP contribution in [0.2, 0.25) is 0 Å². The summed E-state index contributed by atoms with van der Waals surface area (Å²) in [7, 11) is 0. The number of benzene rings is 1. The standard InChI is InChI=1S/C12H8Cl4N2O3/c13-11(12(14,15)16)17-8(19)5-18-9(20)6-3-1-2-4-7(6)10(18)21/h1-4,11H,5H2,(H,17,19)/t11-/m0/s1. The van der Waals surface area contributed by atoms with Gasteiger partial charge < -0.3 is 5.32 Å². The molecule has 2 rings (SSSR count). The van der Waals surface area contributed by atoms with Gasteiger partial charge in [-0.3, -0.25) is 19.3 Å². The van der Waals surface area contributed by atoms with E-state index in [4.69, 9.17) is 46.4 Å². The number of nitrogens with one attached hydrogen (secondary N) is 1. The lowest BCUT2D eigenvalue weighted by Gasteiger charge is -2.20. The van der Waals surface area contributed by atoms with E-state index in [1.54, 1.807) is 12.1 Å². The first-order valence-corrected chi connectivity index (χ1v) is 7.24. The minimum absolute atomic E-state index is 0.249. The maximum absolute atomic E-state index is 12.0. The number of alkyl halides is 4. The summed E-state index contributed by atoms with van der Waals surface area (Å²) in [5, 5.41) is 2.20. The molecule has 0 fully saturated rings. The predicted molar refractivity (Wildman–Crippen MR) is 79.9 cm³/mol. The van der Waals surface area contributed by atoms with Crippen molar-refractivity contribution in [1.82, 2.24) is 10.2 Å². The number of fused-ring (bicyclic) bond motifs is 1. The van der Waals surface area contributed by atoms with Crippen molar-refractivity contribution in [1.29, 1.82) is 0 Å². The van der Waals surface area contributed by atoms with E-state index in [0.29, 0.717) is 0 Å². The highest BCUT2D eigenvalue weighted by Gasteiger charge is 2.38. The molecule has 0 radical (unpaired) electrons.